The number of hydrogen-bond acceptors (Lipinski definition) is 3. The van der Waals surface area contributed by atoms with E-state index in [1.54, 1.807) is 29.6 Å². The topological polar surface area (TPSA) is 46.2 Å². The summed E-state index contributed by atoms with van der Waals surface area (Å²) in [6.45, 7) is 0. The van der Waals surface area contributed by atoms with Crippen molar-refractivity contribution in [1.29, 1.82) is 0 Å². The van der Waals surface area contributed by atoms with E-state index in [4.69, 9.17) is 0 Å². The second-order valence-electron chi connectivity index (χ2n) is 3.29. The Labute approximate surface area is 134 Å². The van der Waals surface area contributed by atoms with Gasteiger partial charge in [-0.1, -0.05) is 15.9 Å². The Kier molecular flexibility index (Phi) is 4.53. The molecule has 2 rings (SSSR count). The van der Waals surface area contributed by atoms with Crippen molar-refractivity contribution >= 4 is 74.8 Å². The first-order valence-electron chi connectivity index (χ1n) is 4.61. The van der Waals surface area contributed by atoms with Crippen LogP contribution in [-0.4, -0.2) is 8.42 Å². The number of halogens is 3. The zero-order chi connectivity index (χ0) is 13.3. The van der Waals surface area contributed by atoms with E-state index in [-0.39, 0.29) is 4.21 Å². The summed E-state index contributed by atoms with van der Waals surface area (Å²) in [4.78, 5) is 0. The molecule has 0 saturated carbocycles. The molecule has 0 fully saturated rings. The molecule has 0 aliphatic rings. The van der Waals surface area contributed by atoms with E-state index in [1.807, 2.05) is 0 Å². The van der Waals surface area contributed by atoms with Crippen molar-refractivity contribution in [3.8, 4) is 0 Å². The Morgan fingerprint density at radius 1 is 1.06 bits per heavy atom. The van der Waals surface area contributed by atoms with Crippen molar-refractivity contribution in [2.75, 3.05) is 4.72 Å². The van der Waals surface area contributed by atoms with Crippen molar-refractivity contribution in [3.63, 3.8) is 0 Å². The normalized spacial score (nSPS) is 11.5. The number of anilines is 1. The minimum Gasteiger partial charge on any atom is -0.278 e. The Morgan fingerprint density at radius 2 is 1.78 bits per heavy atom. The second kappa shape index (κ2) is 5.62. The Morgan fingerprint density at radius 3 is 2.33 bits per heavy atom. The number of hydrogen-bond donors (Lipinski definition) is 1. The quantitative estimate of drug-likeness (QED) is 0.690. The van der Waals surface area contributed by atoms with Crippen LogP contribution in [0.2, 0.25) is 0 Å². The van der Waals surface area contributed by atoms with Crippen LogP contribution in [-0.2, 0) is 10.0 Å². The molecule has 2 aromatic rings. The van der Waals surface area contributed by atoms with Crippen LogP contribution in [0, 0.1) is 0 Å². The van der Waals surface area contributed by atoms with Gasteiger partial charge < -0.3 is 0 Å². The molecule has 1 aromatic heterocycles. The third-order valence-electron chi connectivity index (χ3n) is 2.00. The van der Waals surface area contributed by atoms with Crippen molar-refractivity contribution in [3.05, 3.63) is 43.1 Å². The summed E-state index contributed by atoms with van der Waals surface area (Å²) in [5, 5.41) is 1.72. The molecule has 0 saturated heterocycles. The highest BCUT2D eigenvalue weighted by Gasteiger charge is 2.20. The standard InChI is InChI=1S/C10H6Br3NO2S2/c11-6-1-2-9(8(13)5-6)14-18(15,16)10-7(12)3-4-17-10/h1-5,14H. The first-order chi connectivity index (χ1) is 8.40. The van der Waals surface area contributed by atoms with Gasteiger partial charge in [-0.25, -0.2) is 8.42 Å². The predicted molar refractivity (Wildman–Crippen MR) is 84.7 cm³/mol. The SMILES string of the molecule is O=S(=O)(Nc1ccc(Br)cc1Br)c1sccc1Br. The summed E-state index contributed by atoms with van der Waals surface area (Å²) < 4.78 is 29.2. The molecule has 96 valence electrons. The van der Waals surface area contributed by atoms with Gasteiger partial charge in [0, 0.05) is 13.4 Å². The molecule has 1 N–H and O–H groups in total. The molecule has 0 unspecified atom stereocenters. The van der Waals surface area contributed by atoms with E-state index in [0.29, 0.717) is 14.6 Å². The monoisotopic (exact) mass is 473 g/mol. The van der Waals surface area contributed by atoms with Crippen molar-refractivity contribution < 1.29 is 8.42 Å². The first kappa shape index (κ1) is 14.5. The first-order valence-corrected chi connectivity index (χ1v) is 9.35. The fourth-order valence-electron chi connectivity index (χ4n) is 1.23. The molecular formula is C10H6Br3NO2S2. The maximum atomic E-state index is 12.2. The maximum absolute atomic E-state index is 12.2. The van der Waals surface area contributed by atoms with Crippen molar-refractivity contribution in [2.24, 2.45) is 0 Å². The Hall–Kier alpha value is 0.110. The summed E-state index contributed by atoms with van der Waals surface area (Å²) in [6.07, 6.45) is 0. The zero-order valence-corrected chi connectivity index (χ0v) is 15.0. The lowest BCUT2D eigenvalue weighted by Gasteiger charge is -2.09. The van der Waals surface area contributed by atoms with Gasteiger partial charge in [-0.3, -0.25) is 4.72 Å². The lowest BCUT2D eigenvalue weighted by atomic mass is 10.3. The number of sulfonamides is 1. The zero-order valence-electron chi connectivity index (χ0n) is 8.65. The molecule has 0 amide bonds. The van der Waals surface area contributed by atoms with Gasteiger partial charge in [-0.05, 0) is 61.5 Å². The third kappa shape index (κ3) is 3.16. The molecule has 0 atom stereocenters. The Bertz CT molecular complexity index is 682. The van der Waals surface area contributed by atoms with Gasteiger partial charge in [0.1, 0.15) is 0 Å². The van der Waals surface area contributed by atoms with E-state index in [2.05, 4.69) is 52.5 Å². The molecule has 18 heavy (non-hydrogen) atoms. The van der Waals surface area contributed by atoms with Gasteiger partial charge in [-0.2, -0.15) is 0 Å². The lowest BCUT2D eigenvalue weighted by molar-refractivity contribution is 0.603. The molecular weight excluding hydrogens is 470 g/mol. The van der Waals surface area contributed by atoms with Crippen molar-refractivity contribution in [2.45, 2.75) is 4.21 Å². The highest BCUT2D eigenvalue weighted by Crippen LogP contribution is 2.32. The Balaban J connectivity index is 2.37. The number of nitrogens with one attached hydrogen (secondary N) is 1. The average Bonchev–Trinajstić information content (AvgIpc) is 2.69. The van der Waals surface area contributed by atoms with Crippen LogP contribution in [0.25, 0.3) is 0 Å². The van der Waals surface area contributed by atoms with E-state index in [9.17, 15) is 8.42 Å². The van der Waals surface area contributed by atoms with Crippen LogP contribution in [0.5, 0.6) is 0 Å². The number of benzene rings is 1. The van der Waals surface area contributed by atoms with Crippen LogP contribution in [0.3, 0.4) is 0 Å². The van der Waals surface area contributed by atoms with Crippen LogP contribution in [0.15, 0.2) is 47.3 Å². The third-order valence-corrected chi connectivity index (χ3v) is 7.19. The fraction of sp³-hybridized carbons (Fsp3) is 0. The minimum atomic E-state index is -3.56. The fourth-order valence-corrected chi connectivity index (χ4v) is 5.93. The van der Waals surface area contributed by atoms with Crippen LogP contribution >= 0.6 is 59.1 Å². The van der Waals surface area contributed by atoms with Crippen molar-refractivity contribution in [1.82, 2.24) is 0 Å². The van der Waals surface area contributed by atoms with E-state index in [1.165, 1.54) is 0 Å². The summed E-state index contributed by atoms with van der Waals surface area (Å²) >= 11 is 11.0. The van der Waals surface area contributed by atoms with Gasteiger partial charge in [-0.15, -0.1) is 11.3 Å². The molecule has 0 radical (unpaired) electrons. The molecule has 0 bridgehead atoms. The van der Waals surface area contributed by atoms with Crippen LogP contribution in [0.4, 0.5) is 5.69 Å². The van der Waals surface area contributed by atoms with Gasteiger partial charge in [0.25, 0.3) is 10.0 Å². The van der Waals surface area contributed by atoms with Gasteiger partial charge >= 0.3 is 0 Å². The molecule has 3 nitrogen and oxygen atoms in total. The van der Waals surface area contributed by atoms with Gasteiger partial charge in [0.15, 0.2) is 4.21 Å². The van der Waals surface area contributed by atoms with E-state index < -0.39 is 10.0 Å². The molecule has 0 aliphatic heterocycles. The summed E-state index contributed by atoms with van der Waals surface area (Å²) in [5.41, 5.74) is 0.499. The minimum absolute atomic E-state index is 0.261. The van der Waals surface area contributed by atoms with Crippen LogP contribution < -0.4 is 4.72 Å². The number of rotatable bonds is 3. The summed E-state index contributed by atoms with van der Waals surface area (Å²) in [6, 6.07) is 6.94. The molecule has 8 heteroatoms. The van der Waals surface area contributed by atoms with Gasteiger partial charge in [0.2, 0.25) is 0 Å². The molecule has 1 heterocycles. The summed E-state index contributed by atoms with van der Waals surface area (Å²) in [5.74, 6) is 0. The van der Waals surface area contributed by atoms with E-state index >= 15 is 0 Å². The highest BCUT2D eigenvalue weighted by atomic mass is 79.9. The maximum Gasteiger partial charge on any atom is 0.272 e. The summed E-state index contributed by atoms with van der Waals surface area (Å²) in [7, 11) is -3.56. The van der Waals surface area contributed by atoms with E-state index in [0.717, 1.165) is 15.8 Å². The smallest absolute Gasteiger partial charge is 0.272 e. The van der Waals surface area contributed by atoms with Crippen LogP contribution in [0.1, 0.15) is 0 Å². The average molecular weight is 476 g/mol. The molecule has 1 aromatic carbocycles. The predicted octanol–water partition coefficient (Wildman–Crippen LogP) is 4.84. The molecule has 0 aliphatic carbocycles. The second-order valence-corrected chi connectivity index (χ2v) is 8.70. The molecule has 0 spiro atoms. The number of thiophene rings is 1. The largest absolute Gasteiger partial charge is 0.278 e. The highest BCUT2D eigenvalue weighted by molar-refractivity contribution is 9.11. The van der Waals surface area contributed by atoms with Gasteiger partial charge in [0.05, 0.1) is 5.69 Å². The lowest BCUT2D eigenvalue weighted by Crippen LogP contribution is -2.12.